The van der Waals surface area contributed by atoms with Crippen LogP contribution in [0.15, 0.2) is 21.6 Å². The highest BCUT2D eigenvalue weighted by Gasteiger charge is 2.32. The average Bonchev–Trinajstić information content (AvgIpc) is 2.99. The molecule has 0 bridgehead atoms. The van der Waals surface area contributed by atoms with Crippen molar-refractivity contribution in [2.75, 3.05) is 33.0 Å². The van der Waals surface area contributed by atoms with Crippen LogP contribution in [-0.4, -0.2) is 53.8 Å². The second kappa shape index (κ2) is 6.53. The third-order valence-corrected chi connectivity index (χ3v) is 5.18. The minimum absolute atomic E-state index is 0.0731. The number of nitrogens with one attached hydrogen (secondary N) is 1. The van der Waals surface area contributed by atoms with E-state index < -0.39 is 0 Å². The molecule has 0 unspecified atom stereocenters. The molecule has 0 radical (unpaired) electrons. The summed E-state index contributed by atoms with van der Waals surface area (Å²) in [5, 5.41) is 3.47. The average molecular weight is 388 g/mol. The third kappa shape index (κ3) is 3.51. The van der Waals surface area contributed by atoms with Gasteiger partial charge in [-0.25, -0.2) is 0 Å². The Labute approximate surface area is 140 Å². The summed E-state index contributed by atoms with van der Waals surface area (Å²) in [6.45, 7) is 3.56. The van der Waals surface area contributed by atoms with Crippen molar-refractivity contribution >= 4 is 56.6 Å². The van der Waals surface area contributed by atoms with Gasteiger partial charge in [0.05, 0.1) is 23.7 Å². The van der Waals surface area contributed by atoms with Crippen molar-refractivity contribution in [1.82, 2.24) is 15.1 Å². The summed E-state index contributed by atoms with van der Waals surface area (Å²) in [5.74, 6) is -0.0731. The minimum atomic E-state index is -0.0731. The largest absolute Gasteiger partial charge is 0.379 e. The van der Waals surface area contributed by atoms with Crippen LogP contribution >= 0.6 is 39.5 Å². The number of rotatable bonds is 3. The molecule has 0 aromatic carbocycles. The molecule has 0 atom stereocenters. The van der Waals surface area contributed by atoms with Gasteiger partial charge in [-0.05, 0) is 46.4 Å². The Morgan fingerprint density at radius 1 is 1.43 bits per heavy atom. The molecule has 1 aromatic heterocycles. The van der Waals surface area contributed by atoms with Crippen LogP contribution in [0.5, 0.6) is 0 Å². The van der Waals surface area contributed by atoms with Gasteiger partial charge in [0.1, 0.15) is 5.70 Å². The predicted octanol–water partition coefficient (Wildman–Crippen LogP) is 1.86. The van der Waals surface area contributed by atoms with Crippen molar-refractivity contribution in [3.8, 4) is 0 Å². The van der Waals surface area contributed by atoms with E-state index in [2.05, 4.69) is 26.1 Å². The van der Waals surface area contributed by atoms with E-state index in [4.69, 9.17) is 17.0 Å². The highest BCUT2D eigenvalue weighted by atomic mass is 79.9. The van der Waals surface area contributed by atoms with E-state index in [1.54, 1.807) is 16.2 Å². The van der Waals surface area contributed by atoms with Gasteiger partial charge in [-0.1, -0.05) is 0 Å². The lowest BCUT2D eigenvalue weighted by Crippen LogP contribution is -2.46. The summed E-state index contributed by atoms with van der Waals surface area (Å²) in [6.07, 6.45) is 1.84. The zero-order valence-corrected chi connectivity index (χ0v) is 14.4. The second-order valence-electron chi connectivity index (χ2n) is 4.74. The fraction of sp³-hybridized carbons (Fsp3) is 0.385. The molecule has 8 heteroatoms. The van der Waals surface area contributed by atoms with Crippen LogP contribution in [0.1, 0.15) is 4.88 Å². The Morgan fingerprint density at radius 2 is 2.19 bits per heavy atom. The molecule has 2 fully saturated rings. The molecular weight excluding hydrogens is 374 g/mol. The summed E-state index contributed by atoms with van der Waals surface area (Å²) in [6, 6.07) is 3.92. The molecule has 1 N–H and O–H groups in total. The van der Waals surface area contributed by atoms with Crippen molar-refractivity contribution in [2.24, 2.45) is 0 Å². The number of carbonyl (C=O) groups excluding carboxylic acids is 1. The summed E-state index contributed by atoms with van der Waals surface area (Å²) in [4.78, 5) is 17.2. The summed E-state index contributed by atoms with van der Waals surface area (Å²) >= 11 is 10.3. The van der Waals surface area contributed by atoms with Crippen LogP contribution in [0, 0.1) is 0 Å². The van der Waals surface area contributed by atoms with E-state index in [-0.39, 0.29) is 5.91 Å². The molecule has 21 heavy (non-hydrogen) atoms. The monoisotopic (exact) mass is 387 g/mol. The normalized spacial score (nSPS) is 22.1. The van der Waals surface area contributed by atoms with Crippen molar-refractivity contribution in [3.05, 3.63) is 26.5 Å². The van der Waals surface area contributed by atoms with E-state index in [0.717, 1.165) is 21.8 Å². The number of ether oxygens (including phenoxy) is 1. The molecule has 1 aromatic rings. The Kier molecular flexibility index (Phi) is 4.70. The maximum atomic E-state index is 12.4. The Hall–Kier alpha value is -0.800. The third-order valence-electron chi connectivity index (χ3n) is 3.29. The van der Waals surface area contributed by atoms with Crippen LogP contribution in [0.25, 0.3) is 6.08 Å². The zero-order valence-electron chi connectivity index (χ0n) is 11.2. The van der Waals surface area contributed by atoms with Crippen LogP contribution in [-0.2, 0) is 9.53 Å². The molecule has 2 saturated heterocycles. The van der Waals surface area contributed by atoms with Gasteiger partial charge < -0.3 is 10.1 Å². The lowest BCUT2D eigenvalue weighted by Gasteiger charge is -2.29. The first-order chi connectivity index (χ1) is 10.1. The first-order valence-corrected chi connectivity index (χ1v) is 8.55. The van der Waals surface area contributed by atoms with Gasteiger partial charge in [-0.15, -0.1) is 11.3 Å². The van der Waals surface area contributed by atoms with Gasteiger partial charge in [0.15, 0.2) is 5.11 Å². The number of hydrogen-bond donors (Lipinski definition) is 1. The zero-order chi connectivity index (χ0) is 14.8. The van der Waals surface area contributed by atoms with Crippen molar-refractivity contribution in [2.45, 2.75) is 0 Å². The molecule has 1 amide bonds. The number of morpholine rings is 1. The lowest BCUT2D eigenvalue weighted by molar-refractivity contribution is -0.124. The number of halogens is 1. The number of thiophene rings is 1. The minimum Gasteiger partial charge on any atom is -0.379 e. The Morgan fingerprint density at radius 3 is 2.86 bits per heavy atom. The highest BCUT2D eigenvalue weighted by molar-refractivity contribution is 9.11. The number of hydrogen-bond acceptors (Lipinski definition) is 5. The topological polar surface area (TPSA) is 44.8 Å². The van der Waals surface area contributed by atoms with E-state index in [0.29, 0.717) is 30.7 Å². The first kappa shape index (κ1) is 15.1. The maximum absolute atomic E-state index is 12.4. The molecule has 3 rings (SSSR count). The van der Waals surface area contributed by atoms with E-state index in [1.807, 2.05) is 18.2 Å². The van der Waals surface area contributed by atoms with E-state index in [9.17, 15) is 4.79 Å². The molecule has 112 valence electrons. The molecule has 0 spiro atoms. The van der Waals surface area contributed by atoms with Crippen LogP contribution < -0.4 is 5.32 Å². The number of thiocarbonyl (C=S) groups is 1. The van der Waals surface area contributed by atoms with Gasteiger partial charge in [-0.3, -0.25) is 14.6 Å². The van der Waals surface area contributed by atoms with E-state index in [1.165, 1.54) is 0 Å². The van der Waals surface area contributed by atoms with Crippen LogP contribution in [0.3, 0.4) is 0 Å². The predicted molar refractivity (Wildman–Crippen MR) is 89.8 cm³/mol. The first-order valence-electron chi connectivity index (χ1n) is 6.53. The Balaban J connectivity index is 1.71. The number of nitrogens with zero attached hydrogens (tertiary/aromatic N) is 2. The Bertz CT molecular complexity index is 596. The van der Waals surface area contributed by atoms with Gasteiger partial charge in [-0.2, -0.15) is 0 Å². The quantitative estimate of drug-likeness (QED) is 0.633. The standard InChI is InChI=1S/C13H14BrN3O2S2/c14-11-2-1-9(21-11)7-10-12(18)17(13(20)15-10)8-16-3-5-19-6-4-16/h1-2,7H,3-6,8H2,(H,15,20)/b10-7-. The van der Waals surface area contributed by atoms with Crippen LogP contribution in [0.4, 0.5) is 0 Å². The van der Waals surface area contributed by atoms with E-state index >= 15 is 0 Å². The van der Waals surface area contributed by atoms with Gasteiger partial charge in [0.2, 0.25) is 0 Å². The molecule has 3 heterocycles. The van der Waals surface area contributed by atoms with Crippen LogP contribution in [0.2, 0.25) is 0 Å². The molecule has 5 nitrogen and oxygen atoms in total. The summed E-state index contributed by atoms with van der Waals surface area (Å²) in [5.41, 5.74) is 0.530. The maximum Gasteiger partial charge on any atom is 0.277 e. The molecular formula is C13H14BrN3O2S2. The SMILES string of the molecule is O=C1/C(=C/c2ccc(Br)s2)NC(=S)N1CN1CCOCC1. The second-order valence-corrected chi connectivity index (χ2v) is 7.62. The van der Waals surface area contributed by atoms with Crippen molar-refractivity contribution in [1.29, 1.82) is 0 Å². The van der Waals surface area contributed by atoms with Gasteiger partial charge >= 0.3 is 0 Å². The number of amides is 1. The van der Waals surface area contributed by atoms with Gasteiger partial charge in [0.25, 0.3) is 5.91 Å². The highest BCUT2D eigenvalue weighted by Crippen LogP contribution is 2.25. The lowest BCUT2D eigenvalue weighted by atomic mass is 10.3. The molecule has 2 aliphatic rings. The molecule has 0 saturated carbocycles. The molecule has 0 aliphatic carbocycles. The summed E-state index contributed by atoms with van der Waals surface area (Å²) in [7, 11) is 0. The fourth-order valence-electron chi connectivity index (χ4n) is 2.19. The van der Waals surface area contributed by atoms with Crippen molar-refractivity contribution < 1.29 is 9.53 Å². The fourth-order valence-corrected chi connectivity index (χ4v) is 3.81. The summed E-state index contributed by atoms with van der Waals surface area (Å²) < 4.78 is 6.35. The molecule has 2 aliphatic heterocycles. The van der Waals surface area contributed by atoms with Crippen molar-refractivity contribution in [3.63, 3.8) is 0 Å². The number of carbonyl (C=O) groups is 1. The smallest absolute Gasteiger partial charge is 0.277 e. The van der Waals surface area contributed by atoms with Gasteiger partial charge in [0, 0.05) is 18.0 Å².